The maximum absolute atomic E-state index is 13.8. The summed E-state index contributed by atoms with van der Waals surface area (Å²) in [5.41, 5.74) is 0.289. The molecule has 1 amide bonds. The number of amides is 1. The number of halogens is 1. The summed E-state index contributed by atoms with van der Waals surface area (Å²) in [7, 11) is -3.33. The summed E-state index contributed by atoms with van der Waals surface area (Å²) in [4.78, 5) is 14.2. The van der Waals surface area contributed by atoms with Gasteiger partial charge >= 0.3 is 0 Å². The van der Waals surface area contributed by atoms with E-state index < -0.39 is 15.8 Å². The summed E-state index contributed by atoms with van der Waals surface area (Å²) in [6.45, 7) is 0.804. The number of hydrogen-bond acceptors (Lipinski definition) is 4. The van der Waals surface area contributed by atoms with E-state index in [1.54, 1.807) is 29.2 Å². The molecule has 0 unspecified atom stereocenters. The van der Waals surface area contributed by atoms with Crippen LogP contribution in [0.4, 0.5) is 4.39 Å². The second kappa shape index (κ2) is 6.97. The summed E-state index contributed by atoms with van der Waals surface area (Å²) in [5.74, 6) is -0.364. The van der Waals surface area contributed by atoms with Crippen molar-refractivity contribution in [3.05, 3.63) is 48.0 Å². The molecule has 0 bridgehead atoms. The molecule has 8 heteroatoms. The van der Waals surface area contributed by atoms with Crippen molar-refractivity contribution < 1.29 is 22.0 Å². The van der Waals surface area contributed by atoms with Gasteiger partial charge < -0.3 is 9.32 Å². The van der Waals surface area contributed by atoms with Gasteiger partial charge in [-0.3, -0.25) is 4.79 Å². The summed E-state index contributed by atoms with van der Waals surface area (Å²) in [6, 6.07) is 8.93. The zero-order valence-electron chi connectivity index (χ0n) is 13.7. The molecule has 1 atom stereocenters. The lowest BCUT2D eigenvalue weighted by Crippen LogP contribution is -2.49. The summed E-state index contributed by atoms with van der Waals surface area (Å²) in [6.07, 6.45) is 2.47. The number of furan rings is 1. The smallest absolute Gasteiger partial charge is 0.289 e. The van der Waals surface area contributed by atoms with Crippen LogP contribution in [0.15, 0.2) is 40.8 Å². The first-order valence-corrected chi connectivity index (χ1v) is 9.84. The second-order valence-electron chi connectivity index (χ2n) is 6.12. The molecule has 6 nitrogen and oxygen atoms in total. The highest BCUT2D eigenvalue weighted by molar-refractivity contribution is 7.88. The van der Waals surface area contributed by atoms with Gasteiger partial charge in [-0.25, -0.2) is 17.5 Å². The third kappa shape index (κ3) is 4.26. The monoisotopic (exact) mass is 366 g/mol. The Balaban J connectivity index is 1.74. The van der Waals surface area contributed by atoms with Crippen molar-refractivity contribution in [1.82, 2.24) is 9.62 Å². The second-order valence-corrected chi connectivity index (χ2v) is 7.90. The third-order valence-corrected chi connectivity index (χ3v) is 4.81. The maximum atomic E-state index is 13.8. The van der Waals surface area contributed by atoms with E-state index in [2.05, 4.69) is 4.72 Å². The lowest BCUT2D eigenvalue weighted by Gasteiger charge is -2.32. The van der Waals surface area contributed by atoms with Crippen LogP contribution in [-0.2, 0) is 10.0 Å². The fourth-order valence-corrected chi connectivity index (χ4v) is 3.77. The lowest BCUT2D eigenvalue weighted by atomic mass is 10.1. The zero-order valence-corrected chi connectivity index (χ0v) is 14.6. The topological polar surface area (TPSA) is 79.6 Å². The van der Waals surface area contributed by atoms with Crippen molar-refractivity contribution in [2.24, 2.45) is 0 Å². The Hall–Kier alpha value is -2.19. The number of likely N-dealkylation sites (tertiary alicyclic amines) is 1. The number of piperidine rings is 1. The van der Waals surface area contributed by atoms with E-state index in [0.29, 0.717) is 19.4 Å². The first-order valence-electron chi connectivity index (χ1n) is 7.95. The molecular formula is C17H19FN2O4S. The van der Waals surface area contributed by atoms with Gasteiger partial charge in [0.05, 0.1) is 11.8 Å². The molecule has 0 aliphatic carbocycles. The van der Waals surface area contributed by atoms with Crippen molar-refractivity contribution in [2.45, 2.75) is 18.9 Å². The fourth-order valence-electron chi connectivity index (χ4n) is 2.98. The molecule has 1 N–H and O–H groups in total. The molecule has 3 rings (SSSR count). The van der Waals surface area contributed by atoms with E-state index in [0.717, 1.165) is 6.26 Å². The summed E-state index contributed by atoms with van der Waals surface area (Å²) < 4.78 is 44.6. The van der Waals surface area contributed by atoms with E-state index in [-0.39, 0.29) is 35.6 Å². The number of benzene rings is 1. The maximum Gasteiger partial charge on any atom is 0.289 e. The van der Waals surface area contributed by atoms with Gasteiger partial charge in [0.25, 0.3) is 5.91 Å². The molecule has 2 heterocycles. The Morgan fingerprint density at radius 2 is 2.04 bits per heavy atom. The van der Waals surface area contributed by atoms with Gasteiger partial charge in [0, 0.05) is 19.1 Å². The van der Waals surface area contributed by atoms with E-state index in [1.165, 1.54) is 12.1 Å². The number of carbonyl (C=O) groups excluding carboxylic acids is 1. The van der Waals surface area contributed by atoms with Crippen molar-refractivity contribution in [3.63, 3.8) is 0 Å². The number of carbonyl (C=O) groups is 1. The average molecular weight is 366 g/mol. The van der Waals surface area contributed by atoms with Crippen LogP contribution in [0.5, 0.6) is 0 Å². The van der Waals surface area contributed by atoms with Crippen LogP contribution in [0.3, 0.4) is 0 Å². The minimum atomic E-state index is -3.33. The first kappa shape index (κ1) is 17.6. The Bertz CT molecular complexity index is 878. The van der Waals surface area contributed by atoms with Crippen LogP contribution in [0, 0.1) is 5.82 Å². The highest BCUT2D eigenvalue weighted by atomic mass is 32.2. The van der Waals surface area contributed by atoms with E-state index >= 15 is 0 Å². The number of sulfonamides is 1. The van der Waals surface area contributed by atoms with Crippen LogP contribution < -0.4 is 4.72 Å². The lowest BCUT2D eigenvalue weighted by molar-refractivity contribution is 0.0672. The number of rotatable bonds is 4. The Morgan fingerprint density at radius 3 is 2.76 bits per heavy atom. The molecule has 0 saturated carbocycles. The predicted octanol–water partition coefficient (Wildman–Crippen LogP) is 2.24. The minimum Gasteiger partial charge on any atom is -0.451 e. The molecule has 2 aromatic rings. The normalized spacial score (nSPS) is 18.3. The van der Waals surface area contributed by atoms with E-state index in [9.17, 15) is 17.6 Å². The molecule has 1 aromatic carbocycles. The number of nitrogens with zero attached hydrogens (tertiary/aromatic N) is 1. The van der Waals surface area contributed by atoms with Gasteiger partial charge in [0.1, 0.15) is 11.6 Å². The van der Waals surface area contributed by atoms with Crippen LogP contribution in [0.25, 0.3) is 11.3 Å². The molecule has 134 valence electrons. The summed E-state index contributed by atoms with van der Waals surface area (Å²) >= 11 is 0. The molecule has 1 aromatic heterocycles. The van der Waals surface area contributed by atoms with Crippen LogP contribution in [0.2, 0.25) is 0 Å². The van der Waals surface area contributed by atoms with Gasteiger partial charge in [-0.1, -0.05) is 12.1 Å². The highest BCUT2D eigenvalue weighted by Gasteiger charge is 2.28. The fraction of sp³-hybridized carbons (Fsp3) is 0.353. The largest absolute Gasteiger partial charge is 0.451 e. The SMILES string of the molecule is CS(=O)(=O)N[C@@H]1CCCN(C(=O)c2ccc(-c3ccccc3F)o2)C1. The molecule has 1 aliphatic heterocycles. The zero-order chi connectivity index (χ0) is 18.0. The number of hydrogen-bond donors (Lipinski definition) is 1. The number of nitrogens with one attached hydrogen (secondary N) is 1. The quantitative estimate of drug-likeness (QED) is 0.900. The van der Waals surface area contributed by atoms with Crippen molar-refractivity contribution in [2.75, 3.05) is 19.3 Å². The van der Waals surface area contributed by atoms with Gasteiger partial charge in [0.15, 0.2) is 5.76 Å². The van der Waals surface area contributed by atoms with Crippen LogP contribution >= 0.6 is 0 Å². The Morgan fingerprint density at radius 1 is 1.28 bits per heavy atom. The van der Waals surface area contributed by atoms with Crippen molar-refractivity contribution in [1.29, 1.82) is 0 Å². The molecule has 1 aliphatic rings. The highest BCUT2D eigenvalue weighted by Crippen LogP contribution is 2.26. The standard InChI is InChI=1S/C17H19FN2O4S/c1-25(22,23)19-12-5-4-10-20(11-12)17(21)16-9-8-15(24-16)13-6-2-3-7-14(13)18/h2-3,6-9,12,19H,4-5,10-11H2,1H3/t12-/m1/s1. The van der Waals surface area contributed by atoms with E-state index in [4.69, 9.17) is 4.42 Å². The molecule has 0 spiro atoms. The van der Waals surface area contributed by atoms with E-state index in [1.807, 2.05) is 0 Å². The molecule has 1 saturated heterocycles. The molecule has 0 radical (unpaired) electrons. The molecule has 25 heavy (non-hydrogen) atoms. The minimum absolute atomic E-state index is 0.109. The average Bonchev–Trinajstić information content (AvgIpc) is 3.03. The predicted molar refractivity (Wildman–Crippen MR) is 91.0 cm³/mol. The van der Waals surface area contributed by atoms with Gasteiger partial charge in [0.2, 0.25) is 10.0 Å². The Kier molecular flexibility index (Phi) is 4.91. The first-order chi connectivity index (χ1) is 11.8. The van der Waals surface area contributed by atoms with Crippen LogP contribution in [-0.4, -0.2) is 44.6 Å². The third-order valence-electron chi connectivity index (χ3n) is 4.05. The summed E-state index contributed by atoms with van der Waals surface area (Å²) in [5, 5.41) is 0. The Labute approximate surface area is 145 Å². The van der Waals surface area contributed by atoms with Gasteiger partial charge in [-0.05, 0) is 37.1 Å². The molecule has 1 fully saturated rings. The van der Waals surface area contributed by atoms with Crippen molar-refractivity contribution >= 4 is 15.9 Å². The molecular weight excluding hydrogens is 347 g/mol. The van der Waals surface area contributed by atoms with Gasteiger partial charge in [-0.2, -0.15) is 0 Å². The van der Waals surface area contributed by atoms with Crippen molar-refractivity contribution in [3.8, 4) is 11.3 Å². The van der Waals surface area contributed by atoms with Gasteiger partial charge in [-0.15, -0.1) is 0 Å². The van der Waals surface area contributed by atoms with Crippen LogP contribution in [0.1, 0.15) is 23.4 Å².